The van der Waals surface area contributed by atoms with Crippen molar-refractivity contribution < 1.29 is 19.0 Å². The molecule has 32 heavy (non-hydrogen) atoms. The molecule has 0 bridgehead atoms. The van der Waals surface area contributed by atoms with Gasteiger partial charge in [-0.2, -0.15) is 0 Å². The smallest absolute Gasteiger partial charge is 0.291 e. The monoisotopic (exact) mass is 459 g/mol. The Kier molecular flexibility index (Phi) is 4.86. The van der Waals surface area contributed by atoms with E-state index in [9.17, 15) is 9.90 Å². The van der Waals surface area contributed by atoms with Gasteiger partial charge in [-0.15, -0.1) is 10.2 Å². The number of aryl methyl sites for hydroxylation is 1. The maximum absolute atomic E-state index is 15.2. The first-order valence-corrected chi connectivity index (χ1v) is 10.2. The molecule has 3 aromatic heterocycles. The molecule has 1 fully saturated rings. The third kappa shape index (κ3) is 3.04. The number of imidazole rings is 1. The lowest BCUT2D eigenvalue weighted by molar-refractivity contribution is 0.0753. The lowest BCUT2D eigenvalue weighted by atomic mass is 10.2. The van der Waals surface area contributed by atoms with Crippen molar-refractivity contribution in [2.75, 3.05) is 20.2 Å². The van der Waals surface area contributed by atoms with E-state index in [0.29, 0.717) is 29.7 Å². The topological polar surface area (TPSA) is 114 Å². The number of fused-ring (bicyclic) bond motifs is 1. The van der Waals surface area contributed by atoms with Gasteiger partial charge >= 0.3 is 0 Å². The average molecular weight is 460 g/mol. The first-order valence-electron chi connectivity index (χ1n) is 9.83. The minimum absolute atomic E-state index is 0.0343. The Labute approximate surface area is 186 Å². The number of likely N-dealkylation sites (tertiary alicyclic amines) is 1. The minimum atomic E-state index is -0.641. The van der Waals surface area contributed by atoms with Gasteiger partial charge in [0.1, 0.15) is 16.5 Å². The van der Waals surface area contributed by atoms with Gasteiger partial charge in [-0.25, -0.2) is 9.37 Å². The number of aromatic amines is 1. The van der Waals surface area contributed by atoms with Gasteiger partial charge in [0, 0.05) is 37.9 Å². The fourth-order valence-electron chi connectivity index (χ4n) is 4.11. The van der Waals surface area contributed by atoms with Gasteiger partial charge in [-0.05, 0) is 12.5 Å². The molecule has 0 aliphatic carbocycles. The molecular formula is C20H19ClFN7O3. The molecule has 0 radical (unpaired) electrons. The maximum atomic E-state index is 15.2. The number of β-amino-alcohol motifs (C(OH)–C–C–N with tert-alkyl or cyclic N) is 1. The van der Waals surface area contributed by atoms with Crippen LogP contribution in [0.1, 0.15) is 17.0 Å². The van der Waals surface area contributed by atoms with Gasteiger partial charge in [0.2, 0.25) is 5.82 Å². The van der Waals surface area contributed by atoms with Gasteiger partial charge in [-0.1, -0.05) is 11.6 Å². The predicted molar refractivity (Wildman–Crippen MR) is 113 cm³/mol. The highest BCUT2D eigenvalue weighted by atomic mass is 35.5. The summed E-state index contributed by atoms with van der Waals surface area (Å²) in [5.74, 6) is -0.509. The third-order valence-corrected chi connectivity index (χ3v) is 6.00. The Morgan fingerprint density at radius 2 is 2.22 bits per heavy atom. The van der Waals surface area contributed by atoms with E-state index in [0.717, 1.165) is 0 Å². The summed E-state index contributed by atoms with van der Waals surface area (Å²) in [4.78, 5) is 21.3. The molecule has 1 aliphatic heterocycles. The lowest BCUT2D eigenvalue weighted by Gasteiger charge is -2.12. The van der Waals surface area contributed by atoms with Crippen molar-refractivity contribution in [3.63, 3.8) is 0 Å². The minimum Gasteiger partial charge on any atom is -0.495 e. The Hall–Kier alpha value is -3.44. The molecule has 1 atom stereocenters. The van der Waals surface area contributed by atoms with E-state index in [1.54, 1.807) is 41.0 Å². The molecule has 166 valence electrons. The first-order chi connectivity index (χ1) is 15.4. The Balaban J connectivity index is 1.70. The quantitative estimate of drug-likeness (QED) is 0.483. The average Bonchev–Trinajstić information content (AvgIpc) is 3.56. The molecule has 1 unspecified atom stereocenters. The number of methoxy groups -OCH3 is 1. The number of hydrogen-bond donors (Lipinski definition) is 2. The number of aliphatic hydroxyl groups is 1. The van der Waals surface area contributed by atoms with Gasteiger partial charge in [-0.3, -0.25) is 4.79 Å². The Morgan fingerprint density at radius 3 is 2.88 bits per heavy atom. The summed E-state index contributed by atoms with van der Waals surface area (Å²) in [6.07, 6.45) is 4.86. The molecule has 4 aromatic rings. The number of carbonyl (C=O) groups is 1. The predicted octanol–water partition coefficient (Wildman–Crippen LogP) is 2.16. The van der Waals surface area contributed by atoms with Crippen molar-refractivity contribution in [2.45, 2.75) is 12.5 Å². The van der Waals surface area contributed by atoms with Crippen LogP contribution in [0.5, 0.6) is 5.75 Å². The molecular weight excluding hydrogens is 441 g/mol. The van der Waals surface area contributed by atoms with E-state index in [1.807, 2.05) is 0 Å². The number of rotatable bonds is 4. The summed E-state index contributed by atoms with van der Waals surface area (Å²) in [7, 11) is 3.09. The van der Waals surface area contributed by atoms with Crippen LogP contribution in [-0.2, 0) is 7.05 Å². The van der Waals surface area contributed by atoms with E-state index >= 15 is 4.39 Å². The number of benzene rings is 1. The van der Waals surface area contributed by atoms with E-state index in [-0.39, 0.29) is 40.4 Å². The summed E-state index contributed by atoms with van der Waals surface area (Å²) in [5, 5.41) is 18.3. The SMILES string of the molecule is COc1cc2c(-n3ccnc3)c(-c3nnc(C(=O)N4CCC(O)C4)[nH]3)n(C)c2c(F)c1Cl. The van der Waals surface area contributed by atoms with Crippen molar-refractivity contribution in [2.24, 2.45) is 7.05 Å². The van der Waals surface area contributed by atoms with Crippen LogP contribution in [0, 0.1) is 5.82 Å². The molecule has 1 aromatic carbocycles. The molecule has 2 N–H and O–H groups in total. The highest BCUT2D eigenvalue weighted by Crippen LogP contribution is 2.41. The van der Waals surface area contributed by atoms with Gasteiger partial charge in [0.05, 0.1) is 30.7 Å². The number of nitrogens with zero attached hydrogens (tertiary/aromatic N) is 6. The number of aromatic nitrogens is 6. The van der Waals surface area contributed by atoms with Crippen molar-refractivity contribution >= 4 is 28.4 Å². The van der Waals surface area contributed by atoms with E-state index in [2.05, 4.69) is 20.2 Å². The van der Waals surface area contributed by atoms with Gasteiger partial charge < -0.3 is 28.9 Å². The highest BCUT2D eigenvalue weighted by molar-refractivity contribution is 6.33. The standard InChI is InChI=1S/C20H19ClFN7O3/c1-27-15-11(7-12(32-2)13(21)14(15)22)16(29-6-4-23-9-29)17(27)18-24-19(26-25-18)20(31)28-5-3-10(30)8-28/h4,6-7,9-10,30H,3,5,8H2,1-2H3,(H,24,25,26). The summed E-state index contributed by atoms with van der Waals surface area (Å²) in [6.45, 7) is 0.681. The zero-order valence-corrected chi connectivity index (χ0v) is 18.0. The Morgan fingerprint density at radius 1 is 1.41 bits per heavy atom. The number of hydrogen-bond acceptors (Lipinski definition) is 6. The molecule has 1 amide bonds. The molecule has 1 saturated heterocycles. The number of ether oxygens (including phenoxy) is 1. The number of halogens is 2. The number of carbonyl (C=O) groups excluding carboxylic acids is 1. The highest BCUT2D eigenvalue weighted by Gasteiger charge is 2.30. The summed E-state index contributed by atoms with van der Waals surface area (Å²) >= 11 is 6.17. The number of amides is 1. The molecule has 4 heterocycles. The van der Waals surface area contributed by atoms with Crippen LogP contribution >= 0.6 is 11.6 Å². The number of H-pyrrole nitrogens is 1. The summed E-state index contributed by atoms with van der Waals surface area (Å²) < 4.78 is 23.8. The summed E-state index contributed by atoms with van der Waals surface area (Å²) in [5.41, 5.74) is 1.29. The first kappa shape index (κ1) is 20.5. The number of nitrogens with one attached hydrogen (secondary N) is 1. The number of aliphatic hydroxyl groups excluding tert-OH is 1. The second-order valence-corrected chi connectivity index (χ2v) is 7.92. The largest absolute Gasteiger partial charge is 0.495 e. The lowest BCUT2D eigenvalue weighted by Crippen LogP contribution is -2.30. The van der Waals surface area contributed by atoms with E-state index in [4.69, 9.17) is 16.3 Å². The fraction of sp³-hybridized carbons (Fsp3) is 0.300. The van der Waals surface area contributed by atoms with Crippen LogP contribution in [-0.4, -0.2) is 71.5 Å². The molecule has 0 spiro atoms. The van der Waals surface area contributed by atoms with Crippen molar-refractivity contribution in [3.8, 4) is 23.0 Å². The van der Waals surface area contributed by atoms with Crippen LogP contribution in [0.4, 0.5) is 4.39 Å². The van der Waals surface area contributed by atoms with Gasteiger partial charge in [0.15, 0.2) is 11.6 Å². The third-order valence-electron chi connectivity index (χ3n) is 5.64. The van der Waals surface area contributed by atoms with Crippen molar-refractivity contribution in [1.29, 1.82) is 0 Å². The van der Waals surface area contributed by atoms with Crippen LogP contribution in [0.2, 0.25) is 5.02 Å². The van der Waals surface area contributed by atoms with E-state index < -0.39 is 11.9 Å². The van der Waals surface area contributed by atoms with Crippen molar-refractivity contribution in [3.05, 3.63) is 41.5 Å². The van der Waals surface area contributed by atoms with Crippen molar-refractivity contribution in [1.82, 2.24) is 34.2 Å². The van der Waals surface area contributed by atoms with Crippen LogP contribution in [0.25, 0.3) is 28.1 Å². The fourth-order valence-corrected chi connectivity index (χ4v) is 4.33. The van der Waals surface area contributed by atoms with E-state index in [1.165, 1.54) is 12.0 Å². The molecule has 0 saturated carbocycles. The molecule has 12 heteroatoms. The maximum Gasteiger partial charge on any atom is 0.291 e. The second kappa shape index (κ2) is 7.61. The molecule has 10 nitrogen and oxygen atoms in total. The zero-order chi connectivity index (χ0) is 22.6. The van der Waals surface area contributed by atoms with Crippen LogP contribution in [0.3, 0.4) is 0 Å². The van der Waals surface area contributed by atoms with Crippen LogP contribution < -0.4 is 4.74 Å². The summed E-state index contributed by atoms with van der Waals surface area (Å²) in [6, 6.07) is 1.65. The van der Waals surface area contributed by atoms with Gasteiger partial charge in [0.25, 0.3) is 5.91 Å². The normalized spacial score (nSPS) is 16.3. The van der Waals surface area contributed by atoms with Crippen LogP contribution in [0.15, 0.2) is 24.8 Å². The second-order valence-electron chi connectivity index (χ2n) is 7.55. The zero-order valence-electron chi connectivity index (χ0n) is 17.2. The Bertz CT molecular complexity index is 1330. The molecule has 5 rings (SSSR count). The molecule has 1 aliphatic rings.